The van der Waals surface area contributed by atoms with Crippen LogP contribution in [-0.4, -0.2) is 18.0 Å². The van der Waals surface area contributed by atoms with Gasteiger partial charge in [-0.05, 0) is 25.7 Å². The number of hydrogen-bond donors (Lipinski definition) is 2. The molecule has 3 nitrogen and oxygen atoms in total. The van der Waals surface area contributed by atoms with E-state index in [-0.39, 0.29) is 11.4 Å². The molecule has 14 heavy (non-hydrogen) atoms. The van der Waals surface area contributed by atoms with E-state index in [0.717, 1.165) is 25.7 Å². The number of hydrogen-bond acceptors (Lipinski definition) is 2. The maximum Gasteiger partial charge on any atom is 0.223 e. The van der Waals surface area contributed by atoms with Gasteiger partial charge in [0.15, 0.2) is 0 Å². The minimum absolute atomic E-state index is 0.0978. The van der Waals surface area contributed by atoms with Gasteiger partial charge >= 0.3 is 0 Å². The van der Waals surface area contributed by atoms with Crippen LogP contribution < -0.4 is 11.1 Å². The summed E-state index contributed by atoms with van der Waals surface area (Å²) in [6.07, 6.45) is 7.93. The maximum absolute atomic E-state index is 11.6. The van der Waals surface area contributed by atoms with Gasteiger partial charge in [-0.25, -0.2) is 0 Å². The number of nitrogens with two attached hydrogens (primary N) is 1. The van der Waals surface area contributed by atoms with E-state index in [1.165, 1.54) is 19.3 Å². The topological polar surface area (TPSA) is 55.1 Å². The first kappa shape index (κ1) is 9.97. The number of amides is 1. The molecule has 0 aromatic heterocycles. The summed E-state index contributed by atoms with van der Waals surface area (Å²) in [6, 6.07) is 0. The molecule has 2 saturated carbocycles. The summed E-state index contributed by atoms with van der Waals surface area (Å²) in [7, 11) is 0. The minimum atomic E-state index is -0.0978. The van der Waals surface area contributed by atoms with E-state index in [1.807, 2.05) is 0 Å². The fourth-order valence-electron chi connectivity index (χ4n) is 2.33. The third-order valence-electron chi connectivity index (χ3n) is 3.69. The van der Waals surface area contributed by atoms with E-state index >= 15 is 0 Å². The van der Waals surface area contributed by atoms with E-state index in [0.29, 0.717) is 12.5 Å². The molecule has 80 valence electrons. The van der Waals surface area contributed by atoms with Crippen LogP contribution in [0.3, 0.4) is 0 Å². The van der Waals surface area contributed by atoms with Gasteiger partial charge in [-0.3, -0.25) is 4.79 Å². The lowest BCUT2D eigenvalue weighted by Crippen LogP contribution is -2.49. The van der Waals surface area contributed by atoms with Crippen LogP contribution in [0.1, 0.15) is 44.9 Å². The molecule has 0 aliphatic heterocycles. The molecule has 3 N–H and O–H groups in total. The first-order valence-electron chi connectivity index (χ1n) is 5.76. The standard InChI is InChI=1S/C11H20N2O/c12-11(6-1-2-7-11)8-13-10(14)9-4-3-5-9/h9H,1-8,12H2,(H,13,14). The summed E-state index contributed by atoms with van der Waals surface area (Å²) in [5, 5.41) is 3.00. The second-order valence-corrected chi connectivity index (χ2v) is 4.92. The minimum Gasteiger partial charge on any atom is -0.354 e. The number of carbonyl (C=O) groups is 1. The van der Waals surface area contributed by atoms with Crippen molar-refractivity contribution in [1.82, 2.24) is 5.32 Å². The van der Waals surface area contributed by atoms with Crippen molar-refractivity contribution in [2.45, 2.75) is 50.5 Å². The highest BCUT2D eigenvalue weighted by atomic mass is 16.1. The fraction of sp³-hybridized carbons (Fsp3) is 0.909. The molecule has 1 amide bonds. The van der Waals surface area contributed by atoms with Gasteiger partial charge in [0.25, 0.3) is 0 Å². The predicted octanol–water partition coefficient (Wildman–Crippen LogP) is 1.17. The van der Waals surface area contributed by atoms with Gasteiger partial charge in [0.1, 0.15) is 0 Å². The van der Waals surface area contributed by atoms with Gasteiger partial charge in [-0.2, -0.15) is 0 Å². The van der Waals surface area contributed by atoms with Crippen molar-refractivity contribution in [1.29, 1.82) is 0 Å². The highest BCUT2D eigenvalue weighted by Crippen LogP contribution is 2.28. The van der Waals surface area contributed by atoms with Gasteiger partial charge < -0.3 is 11.1 Å². The molecule has 2 aliphatic rings. The molecule has 3 heteroatoms. The molecule has 0 bridgehead atoms. The van der Waals surface area contributed by atoms with E-state index in [4.69, 9.17) is 5.73 Å². The largest absolute Gasteiger partial charge is 0.354 e. The molecule has 0 radical (unpaired) electrons. The van der Waals surface area contributed by atoms with Crippen molar-refractivity contribution < 1.29 is 4.79 Å². The highest BCUT2D eigenvalue weighted by Gasteiger charge is 2.31. The van der Waals surface area contributed by atoms with Crippen LogP contribution in [0.4, 0.5) is 0 Å². The number of nitrogens with one attached hydrogen (secondary N) is 1. The van der Waals surface area contributed by atoms with Crippen LogP contribution in [0, 0.1) is 5.92 Å². The Kier molecular flexibility index (Phi) is 2.77. The van der Waals surface area contributed by atoms with Gasteiger partial charge in [-0.15, -0.1) is 0 Å². The van der Waals surface area contributed by atoms with Crippen LogP contribution >= 0.6 is 0 Å². The van der Waals surface area contributed by atoms with Gasteiger partial charge in [0.05, 0.1) is 0 Å². The summed E-state index contributed by atoms with van der Waals surface area (Å²) in [4.78, 5) is 11.6. The first-order chi connectivity index (χ1) is 6.70. The fourth-order valence-corrected chi connectivity index (χ4v) is 2.33. The van der Waals surface area contributed by atoms with Crippen molar-refractivity contribution in [3.05, 3.63) is 0 Å². The Bertz CT molecular complexity index is 217. The molecular formula is C11H20N2O. The van der Waals surface area contributed by atoms with Crippen molar-refractivity contribution >= 4 is 5.91 Å². The summed E-state index contributed by atoms with van der Waals surface area (Å²) in [5.74, 6) is 0.521. The third kappa shape index (κ3) is 2.08. The molecule has 2 fully saturated rings. The molecule has 0 aromatic carbocycles. The second-order valence-electron chi connectivity index (χ2n) is 4.92. The molecule has 0 spiro atoms. The summed E-state index contributed by atoms with van der Waals surface area (Å²) in [6.45, 7) is 0.683. The smallest absolute Gasteiger partial charge is 0.223 e. The first-order valence-corrected chi connectivity index (χ1v) is 5.76. The molecule has 0 saturated heterocycles. The lowest BCUT2D eigenvalue weighted by molar-refractivity contribution is -0.127. The predicted molar refractivity (Wildman–Crippen MR) is 55.7 cm³/mol. The van der Waals surface area contributed by atoms with Crippen molar-refractivity contribution in [3.8, 4) is 0 Å². The van der Waals surface area contributed by atoms with E-state index in [9.17, 15) is 4.79 Å². The Morgan fingerprint density at radius 1 is 1.29 bits per heavy atom. The molecule has 0 unspecified atom stereocenters. The zero-order valence-electron chi connectivity index (χ0n) is 8.72. The summed E-state index contributed by atoms with van der Waals surface area (Å²) in [5.41, 5.74) is 6.05. The Labute approximate surface area is 85.4 Å². The van der Waals surface area contributed by atoms with Gasteiger partial charge in [-0.1, -0.05) is 19.3 Å². The van der Waals surface area contributed by atoms with Crippen LogP contribution in [0.2, 0.25) is 0 Å². The van der Waals surface area contributed by atoms with Crippen LogP contribution in [0.15, 0.2) is 0 Å². The Morgan fingerprint density at radius 3 is 2.43 bits per heavy atom. The van der Waals surface area contributed by atoms with E-state index < -0.39 is 0 Å². The molecule has 2 rings (SSSR count). The Hall–Kier alpha value is -0.570. The normalized spacial score (nSPS) is 25.8. The lowest BCUT2D eigenvalue weighted by Gasteiger charge is -2.28. The zero-order valence-corrected chi connectivity index (χ0v) is 8.72. The zero-order chi connectivity index (χ0) is 10.0. The molecule has 2 aliphatic carbocycles. The van der Waals surface area contributed by atoms with Crippen molar-refractivity contribution in [2.24, 2.45) is 11.7 Å². The summed E-state index contributed by atoms with van der Waals surface area (Å²) < 4.78 is 0. The van der Waals surface area contributed by atoms with Crippen LogP contribution in [0.25, 0.3) is 0 Å². The summed E-state index contributed by atoms with van der Waals surface area (Å²) >= 11 is 0. The molecule has 0 heterocycles. The third-order valence-corrected chi connectivity index (χ3v) is 3.69. The molecule has 0 aromatic rings. The van der Waals surface area contributed by atoms with Crippen molar-refractivity contribution in [3.63, 3.8) is 0 Å². The van der Waals surface area contributed by atoms with E-state index in [1.54, 1.807) is 0 Å². The maximum atomic E-state index is 11.6. The van der Waals surface area contributed by atoms with Gasteiger partial charge in [0, 0.05) is 18.0 Å². The quantitative estimate of drug-likeness (QED) is 0.712. The second kappa shape index (κ2) is 3.89. The highest BCUT2D eigenvalue weighted by molar-refractivity contribution is 5.79. The molecule has 0 atom stereocenters. The monoisotopic (exact) mass is 196 g/mol. The average molecular weight is 196 g/mol. The van der Waals surface area contributed by atoms with Crippen molar-refractivity contribution in [2.75, 3.05) is 6.54 Å². The average Bonchev–Trinajstić information content (AvgIpc) is 2.47. The van der Waals surface area contributed by atoms with Crippen LogP contribution in [-0.2, 0) is 4.79 Å². The Balaban J connectivity index is 1.72. The number of carbonyl (C=O) groups excluding carboxylic acids is 1. The Morgan fingerprint density at radius 2 is 1.93 bits per heavy atom. The van der Waals surface area contributed by atoms with E-state index in [2.05, 4.69) is 5.32 Å². The lowest BCUT2D eigenvalue weighted by atomic mass is 9.84. The SMILES string of the molecule is NC1(CNC(=O)C2CCC2)CCCC1. The van der Waals surface area contributed by atoms with Crippen LogP contribution in [0.5, 0.6) is 0 Å². The van der Waals surface area contributed by atoms with Gasteiger partial charge in [0.2, 0.25) is 5.91 Å². The number of rotatable bonds is 3. The molecular weight excluding hydrogens is 176 g/mol.